The highest BCUT2D eigenvalue weighted by atomic mass is 19.1. The molecule has 1 atom stereocenters. The number of H-pyrrole nitrogens is 1. The average Bonchev–Trinajstić information content (AvgIpc) is 2.85. The van der Waals surface area contributed by atoms with Crippen molar-refractivity contribution in [1.29, 1.82) is 0 Å². The largest absolute Gasteiger partial charge is 0.361 e. The smallest absolute Gasteiger partial charge is 0.123 e. The van der Waals surface area contributed by atoms with E-state index in [1.165, 1.54) is 24.5 Å². The van der Waals surface area contributed by atoms with Crippen LogP contribution in [0.1, 0.15) is 39.2 Å². The number of benzene rings is 1. The molecule has 0 bridgehead atoms. The molecule has 110 valence electrons. The zero-order valence-corrected chi connectivity index (χ0v) is 12.7. The molecule has 1 N–H and O–H groups in total. The van der Waals surface area contributed by atoms with E-state index in [1.807, 2.05) is 12.3 Å². The van der Waals surface area contributed by atoms with Crippen LogP contribution in [-0.4, -0.2) is 29.0 Å². The van der Waals surface area contributed by atoms with Crippen LogP contribution < -0.4 is 0 Å². The lowest BCUT2D eigenvalue weighted by Crippen LogP contribution is -2.35. The molecule has 1 unspecified atom stereocenters. The third-order valence-corrected chi connectivity index (χ3v) is 4.12. The van der Waals surface area contributed by atoms with Crippen LogP contribution in [0.5, 0.6) is 0 Å². The Labute approximate surface area is 121 Å². The summed E-state index contributed by atoms with van der Waals surface area (Å²) in [6, 6.07) is 5.56. The number of aromatic amines is 1. The Hall–Kier alpha value is -1.35. The zero-order valence-electron chi connectivity index (χ0n) is 12.7. The fourth-order valence-electron chi connectivity index (χ4n) is 2.72. The topological polar surface area (TPSA) is 19.0 Å². The molecule has 3 heteroatoms. The normalized spacial score (nSPS) is 13.2. The third-order valence-electron chi connectivity index (χ3n) is 4.12. The van der Waals surface area contributed by atoms with Gasteiger partial charge in [-0.05, 0) is 56.5 Å². The van der Waals surface area contributed by atoms with Gasteiger partial charge in [0.25, 0.3) is 0 Å². The fraction of sp³-hybridized carbons (Fsp3) is 0.529. The second kappa shape index (κ2) is 6.89. The van der Waals surface area contributed by atoms with Crippen LogP contribution in [0.3, 0.4) is 0 Å². The molecule has 0 amide bonds. The van der Waals surface area contributed by atoms with Gasteiger partial charge < -0.3 is 9.88 Å². The van der Waals surface area contributed by atoms with E-state index in [2.05, 4.69) is 30.7 Å². The van der Waals surface area contributed by atoms with Gasteiger partial charge in [-0.3, -0.25) is 0 Å². The van der Waals surface area contributed by atoms with Crippen LogP contribution in [0.2, 0.25) is 0 Å². The molecular weight excluding hydrogens is 251 g/mol. The van der Waals surface area contributed by atoms with E-state index in [9.17, 15) is 4.39 Å². The minimum absolute atomic E-state index is 0.161. The number of hydrogen-bond acceptors (Lipinski definition) is 1. The highest BCUT2D eigenvalue weighted by Gasteiger charge is 2.12. The van der Waals surface area contributed by atoms with Gasteiger partial charge in [0.1, 0.15) is 5.82 Å². The van der Waals surface area contributed by atoms with Gasteiger partial charge in [0.05, 0.1) is 0 Å². The van der Waals surface area contributed by atoms with Crippen molar-refractivity contribution in [2.75, 3.05) is 13.1 Å². The number of nitrogens with one attached hydrogen (secondary N) is 1. The van der Waals surface area contributed by atoms with Gasteiger partial charge in [0.15, 0.2) is 0 Å². The van der Waals surface area contributed by atoms with Gasteiger partial charge in [-0.25, -0.2) is 4.39 Å². The number of aromatic nitrogens is 1. The molecule has 0 saturated carbocycles. The van der Waals surface area contributed by atoms with Crippen LogP contribution >= 0.6 is 0 Å². The van der Waals surface area contributed by atoms with Crippen LogP contribution in [0.4, 0.5) is 4.39 Å². The van der Waals surface area contributed by atoms with E-state index in [4.69, 9.17) is 0 Å². The van der Waals surface area contributed by atoms with E-state index in [-0.39, 0.29) is 5.82 Å². The molecule has 0 fully saturated rings. The van der Waals surface area contributed by atoms with Gasteiger partial charge in [0.2, 0.25) is 0 Å². The average molecular weight is 276 g/mol. The van der Waals surface area contributed by atoms with Crippen molar-refractivity contribution in [3.63, 3.8) is 0 Å². The Balaban J connectivity index is 2.09. The summed E-state index contributed by atoms with van der Waals surface area (Å²) in [7, 11) is 0. The minimum atomic E-state index is -0.161. The summed E-state index contributed by atoms with van der Waals surface area (Å²) >= 11 is 0. The Morgan fingerprint density at radius 2 is 2.05 bits per heavy atom. The molecule has 1 aromatic carbocycles. The van der Waals surface area contributed by atoms with Gasteiger partial charge in [-0.1, -0.05) is 13.8 Å². The van der Waals surface area contributed by atoms with E-state index in [0.29, 0.717) is 6.04 Å². The zero-order chi connectivity index (χ0) is 14.5. The van der Waals surface area contributed by atoms with Crippen molar-refractivity contribution in [2.24, 2.45) is 0 Å². The van der Waals surface area contributed by atoms with Gasteiger partial charge in [-0.2, -0.15) is 0 Å². The summed E-state index contributed by atoms with van der Waals surface area (Å²) in [4.78, 5) is 5.76. The number of hydrogen-bond donors (Lipinski definition) is 1. The number of nitrogens with zero attached hydrogens (tertiary/aromatic N) is 1. The van der Waals surface area contributed by atoms with Gasteiger partial charge in [-0.15, -0.1) is 0 Å². The van der Waals surface area contributed by atoms with Crippen molar-refractivity contribution in [1.82, 2.24) is 9.88 Å². The van der Waals surface area contributed by atoms with Gasteiger partial charge >= 0.3 is 0 Å². The summed E-state index contributed by atoms with van der Waals surface area (Å²) < 4.78 is 13.4. The van der Waals surface area contributed by atoms with Crippen LogP contribution in [0, 0.1) is 5.82 Å². The van der Waals surface area contributed by atoms with Crippen molar-refractivity contribution >= 4 is 10.9 Å². The molecular formula is C17H25FN2. The van der Waals surface area contributed by atoms with Crippen LogP contribution in [0.15, 0.2) is 24.4 Å². The maximum Gasteiger partial charge on any atom is 0.123 e. The SMILES string of the molecule is CCCN(CCc1c[nH]c2ccc(F)cc12)C(C)CC. The first-order valence-corrected chi connectivity index (χ1v) is 7.65. The molecule has 1 aromatic heterocycles. The minimum Gasteiger partial charge on any atom is -0.361 e. The van der Waals surface area contributed by atoms with E-state index >= 15 is 0 Å². The Kier molecular flexibility index (Phi) is 5.18. The van der Waals surface area contributed by atoms with E-state index in [1.54, 1.807) is 6.07 Å². The summed E-state index contributed by atoms with van der Waals surface area (Å²) in [6.07, 6.45) is 5.33. The van der Waals surface area contributed by atoms with Crippen molar-refractivity contribution < 1.29 is 4.39 Å². The van der Waals surface area contributed by atoms with Crippen LogP contribution in [-0.2, 0) is 6.42 Å². The number of halogens is 1. The maximum absolute atomic E-state index is 13.4. The summed E-state index contributed by atoms with van der Waals surface area (Å²) in [5, 5.41) is 1.02. The molecule has 0 spiro atoms. The number of rotatable bonds is 7. The summed E-state index contributed by atoms with van der Waals surface area (Å²) in [5.41, 5.74) is 2.23. The standard InChI is InChI=1S/C17H25FN2/c1-4-9-20(13(3)5-2)10-8-14-12-19-17-7-6-15(18)11-16(14)17/h6-7,11-13,19H,4-5,8-10H2,1-3H3. The van der Waals surface area contributed by atoms with Crippen LogP contribution in [0.25, 0.3) is 10.9 Å². The fourth-order valence-corrected chi connectivity index (χ4v) is 2.72. The maximum atomic E-state index is 13.4. The second-order valence-electron chi connectivity index (χ2n) is 5.55. The lowest BCUT2D eigenvalue weighted by Gasteiger charge is -2.27. The molecule has 2 nitrogen and oxygen atoms in total. The summed E-state index contributed by atoms with van der Waals surface area (Å²) in [6.45, 7) is 8.90. The quantitative estimate of drug-likeness (QED) is 0.796. The lowest BCUT2D eigenvalue weighted by atomic mass is 10.1. The first kappa shape index (κ1) is 15.0. The molecule has 0 aliphatic rings. The molecule has 0 saturated heterocycles. The molecule has 1 heterocycles. The first-order chi connectivity index (χ1) is 9.65. The molecule has 20 heavy (non-hydrogen) atoms. The Bertz CT molecular complexity index is 547. The highest BCUT2D eigenvalue weighted by Crippen LogP contribution is 2.20. The Morgan fingerprint density at radius 1 is 1.25 bits per heavy atom. The summed E-state index contributed by atoms with van der Waals surface area (Å²) in [5.74, 6) is -0.161. The molecule has 0 aliphatic carbocycles. The second-order valence-corrected chi connectivity index (χ2v) is 5.55. The van der Waals surface area contributed by atoms with Crippen molar-refractivity contribution in [3.05, 3.63) is 35.8 Å². The third kappa shape index (κ3) is 3.40. The van der Waals surface area contributed by atoms with Crippen molar-refractivity contribution in [2.45, 2.75) is 46.1 Å². The predicted octanol–water partition coefficient (Wildman–Crippen LogP) is 4.36. The first-order valence-electron chi connectivity index (χ1n) is 7.65. The molecule has 2 aromatic rings. The van der Waals surface area contributed by atoms with Gasteiger partial charge in [0, 0.05) is 29.7 Å². The highest BCUT2D eigenvalue weighted by molar-refractivity contribution is 5.83. The lowest BCUT2D eigenvalue weighted by molar-refractivity contribution is 0.207. The van der Waals surface area contributed by atoms with E-state index < -0.39 is 0 Å². The number of fused-ring (bicyclic) bond motifs is 1. The molecule has 2 rings (SSSR count). The predicted molar refractivity (Wildman–Crippen MR) is 83.6 cm³/mol. The Morgan fingerprint density at radius 3 is 2.75 bits per heavy atom. The molecule has 0 radical (unpaired) electrons. The van der Waals surface area contributed by atoms with Crippen molar-refractivity contribution in [3.8, 4) is 0 Å². The van der Waals surface area contributed by atoms with E-state index in [0.717, 1.165) is 30.4 Å². The monoisotopic (exact) mass is 276 g/mol. The molecule has 0 aliphatic heterocycles.